The molecule has 22 heavy (non-hydrogen) atoms. The molecule has 4 nitrogen and oxygen atoms in total. The summed E-state index contributed by atoms with van der Waals surface area (Å²) in [4.78, 5) is 8.97. The summed E-state index contributed by atoms with van der Waals surface area (Å²) < 4.78 is 6.16. The number of halogens is 2. The van der Waals surface area contributed by atoms with Crippen LogP contribution in [0.3, 0.4) is 0 Å². The minimum Gasteiger partial charge on any atom is -1.00 e. The molecule has 0 radical (unpaired) electrons. The van der Waals surface area contributed by atoms with E-state index in [1.54, 1.807) is 6.07 Å². The van der Waals surface area contributed by atoms with Gasteiger partial charge in [-0.15, -0.1) is 0 Å². The number of amidine groups is 1. The SMILES string of the molecule is CC[NH2+]C1=Nc2ccc(Cl)nc2C(C)(c2ccccc2)O1.[Cl-]. The molecule has 116 valence electrons. The summed E-state index contributed by atoms with van der Waals surface area (Å²) in [6, 6.07) is 14.3. The van der Waals surface area contributed by atoms with Crippen LogP contribution in [0.25, 0.3) is 0 Å². The largest absolute Gasteiger partial charge is 1.00 e. The topological polar surface area (TPSA) is 51.1 Å². The van der Waals surface area contributed by atoms with E-state index in [1.165, 1.54) is 0 Å². The Balaban J connectivity index is 0.00000176. The number of pyridine rings is 1. The van der Waals surface area contributed by atoms with Crippen molar-refractivity contribution in [2.24, 2.45) is 4.99 Å². The molecule has 0 fully saturated rings. The maximum absolute atomic E-state index is 6.16. The summed E-state index contributed by atoms with van der Waals surface area (Å²) in [7, 11) is 0. The number of fused-ring (bicyclic) bond motifs is 1. The monoisotopic (exact) mass is 337 g/mol. The first kappa shape index (κ1) is 16.7. The van der Waals surface area contributed by atoms with Crippen LogP contribution in [-0.2, 0) is 10.3 Å². The molecule has 0 spiro atoms. The Morgan fingerprint density at radius 2 is 1.91 bits per heavy atom. The van der Waals surface area contributed by atoms with Gasteiger partial charge in [-0.3, -0.25) is 5.32 Å². The fourth-order valence-electron chi connectivity index (χ4n) is 2.48. The molecule has 1 unspecified atom stereocenters. The Labute approximate surface area is 141 Å². The van der Waals surface area contributed by atoms with Gasteiger partial charge < -0.3 is 17.1 Å². The first-order valence-corrected chi connectivity index (χ1v) is 7.35. The summed E-state index contributed by atoms with van der Waals surface area (Å²) in [6.07, 6.45) is 0. The van der Waals surface area contributed by atoms with Gasteiger partial charge in [0.25, 0.3) is 0 Å². The lowest BCUT2D eigenvalue weighted by atomic mass is 9.90. The Kier molecular flexibility index (Phi) is 5.06. The van der Waals surface area contributed by atoms with Crippen molar-refractivity contribution in [1.29, 1.82) is 0 Å². The molecule has 1 aromatic heterocycles. The van der Waals surface area contributed by atoms with Crippen molar-refractivity contribution in [2.75, 3.05) is 6.54 Å². The Morgan fingerprint density at radius 1 is 1.18 bits per heavy atom. The van der Waals surface area contributed by atoms with Crippen molar-refractivity contribution in [3.63, 3.8) is 0 Å². The van der Waals surface area contributed by atoms with Crippen LogP contribution < -0.4 is 17.7 Å². The lowest BCUT2D eigenvalue weighted by Crippen LogP contribution is -3.00. The van der Waals surface area contributed by atoms with Crippen LogP contribution in [-0.4, -0.2) is 17.6 Å². The van der Waals surface area contributed by atoms with Crippen molar-refractivity contribution in [3.8, 4) is 0 Å². The third-order valence-electron chi connectivity index (χ3n) is 3.53. The average Bonchev–Trinajstić information content (AvgIpc) is 2.49. The van der Waals surface area contributed by atoms with Gasteiger partial charge in [0.05, 0.1) is 12.2 Å². The zero-order valence-electron chi connectivity index (χ0n) is 12.4. The molecule has 0 saturated carbocycles. The summed E-state index contributed by atoms with van der Waals surface area (Å²) in [5, 5.41) is 2.41. The zero-order valence-corrected chi connectivity index (χ0v) is 13.9. The molecule has 1 atom stereocenters. The van der Waals surface area contributed by atoms with Gasteiger partial charge in [-0.05, 0) is 26.0 Å². The summed E-state index contributed by atoms with van der Waals surface area (Å²) in [6.45, 7) is 4.92. The number of ether oxygens (including phenoxy) is 1. The Hall–Kier alpha value is -1.62. The van der Waals surface area contributed by atoms with E-state index in [-0.39, 0.29) is 12.4 Å². The molecule has 1 aliphatic rings. The predicted octanol–water partition coefficient (Wildman–Crippen LogP) is -0.396. The number of aromatic nitrogens is 1. The third-order valence-corrected chi connectivity index (χ3v) is 3.75. The van der Waals surface area contributed by atoms with E-state index in [0.717, 1.165) is 23.5 Å². The van der Waals surface area contributed by atoms with E-state index in [9.17, 15) is 0 Å². The van der Waals surface area contributed by atoms with Gasteiger partial charge in [0.1, 0.15) is 10.8 Å². The molecule has 1 aliphatic heterocycles. The number of hydrogen-bond donors (Lipinski definition) is 1. The van der Waals surface area contributed by atoms with Crippen LogP contribution in [0.15, 0.2) is 47.5 Å². The third kappa shape index (κ3) is 2.95. The smallest absolute Gasteiger partial charge is 0.397 e. The van der Waals surface area contributed by atoms with E-state index >= 15 is 0 Å². The predicted molar refractivity (Wildman–Crippen MR) is 82.8 cm³/mol. The van der Waals surface area contributed by atoms with Crippen molar-refractivity contribution < 1.29 is 22.5 Å². The maximum atomic E-state index is 6.16. The first-order valence-electron chi connectivity index (χ1n) is 6.97. The quantitative estimate of drug-likeness (QED) is 0.758. The van der Waals surface area contributed by atoms with Gasteiger partial charge in [-0.1, -0.05) is 41.9 Å². The summed E-state index contributed by atoms with van der Waals surface area (Å²) >= 11 is 6.07. The second-order valence-electron chi connectivity index (χ2n) is 5.07. The number of rotatable bonds is 2. The maximum Gasteiger partial charge on any atom is 0.397 e. The highest BCUT2D eigenvalue weighted by Gasteiger charge is 2.40. The molecule has 0 aliphatic carbocycles. The molecular weight excluding hydrogens is 321 g/mol. The standard InChI is InChI=1S/C16H16ClN3O.ClH/c1-3-18-15-19-12-9-10-13(17)20-14(12)16(2,21-15)11-7-5-4-6-8-11;/h4-10H,3H2,1-2H3,(H,18,19);1H. The van der Waals surface area contributed by atoms with E-state index in [2.05, 4.69) is 16.9 Å². The normalized spacial score (nSPS) is 19.5. The van der Waals surface area contributed by atoms with Crippen LogP contribution >= 0.6 is 11.6 Å². The summed E-state index contributed by atoms with van der Waals surface area (Å²) in [5.41, 5.74) is 1.88. The first-order chi connectivity index (χ1) is 10.1. The van der Waals surface area contributed by atoms with Crippen LogP contribution in [0.4, 0.5) is 5.69 Å². The van der Waals surface area contributed by atoms with Crippen LogP contribution in [0.1, 0.15) is 25.1 Å². The highest BCUT2D eigenvalue weighted by Crippen LogP contribution is 2.40. The van der Waals surface area contributed by atoms with E-state index < -0.39 is 5.60 Å². The molecule has 0 amide bonds. The zero-order chi connectivity index (χ0) is 14.9. The summed E-state index contributed by atoms with van der Waals surface area (Å²) in [5.74, 6) is 0. The van der Waals surface area contributed by atoms with E-state index in [4.69, 9.17) is 16.3 Å². The number of hydrogen-bond acceptors (Lipinski definition) is 3. The molecule has 6 heteroatoms. The van der Waals surface area contributed by atoms with Crippen molar-refractivity contribution in [1.82, 2.24) is 4.98 Å². The number of nitrogens with two attached hydrogens (primary N) is 1. The van der Waals surface area contributed by atoms with Crippen LogP contribution in [0, 0.1) is 0 Å². The van der Waals surface area contributed by atoms with Gasteiger partial charge in [-0.2, -0.15) is 4.99 Å². The second kappa shape index (κ2) is 6.65. The van der Waals surface area contributed by atoms with Gasteiger partial charge in [-0.25, -0.2) is 4.98 Å². The lowest BCUT2D eigenvalue weighted by Gasteiger charge is -2.33. The highest BCUT2D eigenvalue weighted by molar-refractivity contribution is 6.29. The lowest BCUT2D eigenvalue weighted by molar-refractivity contribution is -0.555. The molecule has 0 saturated heterocycles. The molecule has 2 aromatic rings. The Bertz CT molecular complexity index is 691. The Morgan fingerprint density at radius 3 is 2.59 bits per heavy atom. The molecule has 3 rings (SSSR count). The molecular formula is C16H17Cl2N3O. The van der Waals surface area contributed by atoms with Gasteiger partial charge >= 0.3 is 6.02 Å². The van der Waals surface area contributed by atoms with Gasteiger partial charge in [0.2, 0.25) is 0 Å². The fraction of sp³-hybridized carbons (Fsp3) is 0.250. The van der Waals surface area contributed by atoms with Crippen LogP contribution in [0.2, 0.25) is 5.15 Å². The molecule has 0 bridgehead atoms. The van der Waals surface area contributed by atoms with Crippen molar-refractivity contribution in [2.45, 2.75) is 19.4 Å². The molecule has 1 aromatic carbocycles. The van der Waals surface area contributed by atoms with E-state index in [0.29, 0.717) is 11.2 Å². The number of nitrogens with zero attached hydrogens (tertiary/aromatic N) is 2. The average molecular weight is 338 g/mol. The fourth-order valence-corrected chi connectivity index (χ4v) is 2.63. The number of aliphatic imine (C=N–C) groups is 1. The molecule has 2 N–H and O–H groups in total. The number of quaternary nitrogens is 1. The van der Waals surface area contributed by atoms with Crippen molar-refractivity contribution >= 4 is 23.3 Å². The number of benzene rings is 1. The van der Waals surface area contributed by atoms with Crippen LogP contribution in [0.5, 0.6) is 0 Å². The molecule has 2 heterocycles. The van der Waals surface area contributed by atoms with Crippen molar-refractivity contribution in [3.05, 3.63) is 58.9 Å². The minimum absolute atomic E-state index is 0. The second-order valence-corrected chi connectivity index (χ2v) is 5.45. The van der Waals surface area contributed by atoms with Gasteiger partial charge in [0.15, 0.2) is 5.60 Å². The highest BCUT2D eigenvalue weighted by atomic mass is 35.5. The minimum atomic E-state index is -0.690. The van der Waals surface area contributed by atoms with E-state index in [1.807, 2.05) is 48.6 Å². The van der Waals surface area contributed by atoms with Gasteiger partial charge in [0, 0.05) is 5.56 Å².